The Morgan fingerprint density at radius 2 is 2.15 bits per heavy atom. The zero-order valence-electron chi connectivity index (χ0n) is 12.3. The number of nitrogens with one attached hydrogen (secondary N) is 1. The zero-order chi connectivity index (χ0) is 15.3. The average Bonchev–Trinajstić information content (AvgIpc) is 2.42. The fourth-order valence-corrected chi connectivity index (χ4v) is 2.36. The molecule has 0 spiro atoms. The number of rotatable bonds is 5. The highest BCUT2D eigenvalue weighted by Gasteiger charge is 2.34. The van der Waals surface area contributed by atoms with Crippen LogP contribution >= 0.6 is 0 Å². The van der Waals surface area contributed by atoms with E-state index in [1.54, 1.807) is 4.90 Å². The predicted octanol–water partition coefficient (Wildman–Crippen LogP) is -0.322. The van der Waals surface area contributed by atoms with Crippen LogP contribution in [0, 0.1) is 5.92 Å². The van der Waals surface area contributed by atoms with E-state index in [0.717, 1.165) is 6.42 Å². The molecule has 0 aromatic heterocycles. The fourth-order valence-electron chi connectivity index (χ4n) is 2.36. The summed E-state index contributed by atoms with van der Waals surface area (Å²) in [5, 5.41) is 11.7. The Balaban J connectivity index is 2.79. The van der Waals surface area contributed by atoms with Gasteiger partial charge in [0.2, 0.25) is 5.91 Å². The van der Waals surface area contributed by atoms with Crippen molar-refractivity contribution in [3.8, 4) is 0 Å². The van der Waals surface area contributed by atoms with Gasteiger partial charge >= 0.3 is 6.03 Å². The van der Waals surface area contributed by atoms with Gasteiger partial charge in [-0.2, -0.15) is 0 Å². The molecule has 7 nitrogen and oxygen atoms in total. The first-order valence-corrected chi connectivity index (χ1v) is 7.00. The number of primary amides is 1. The number of aliphatic hydroxyl groups is 1. The maximum atomic E-state index is 12.6. The van der Waals surface area contributed by atoms with E-state index in [1.165, 1.54) is 0 Å². The summed E-state index contributed by atoms with van der Waals surface area (Å²) in [7, 11) is 0. The molecule has 4 atom stereocenters. The lowest BCUT2D eigenvalue weighted by Gasteiger charge is -2.38. The van der Waals surface area contributed by atoms with E-state index in [4.69, 9.17) is 10.5 Å². The highest BCUT2D eigenvalue weighted by molar-refractivity contribution is 5.87. The molecule has 0 aliphatic carbocycles. The third-order valence-corrected chi connectivity index (χ3v) is 3.62. The van der Waals surface area contributed by atoms with Crippen LogP contribution in [0.5, 0.6) is 0 Å². The lowest BCUT2D eigenvalue weighted by molar-refractivity contribution is -0.150. The van der Waals surface area contributed by atoms with Crippen molar-refractivity contribution < 1.29 is 19.4 Å². The first-order valence-electron chi connectivity index (χ1n) is 7.00. The molecule has 4 unspecified atom stereocenters. The van der Waals surface area contributed by atoms with Gasteiger partial charge < -0.3 is 25.8 Å². The van der Waals surface area contributed by atoms with Gasteiger partial charge in [0.05, 0.1) is 18.8 Å². The van der Waals surface area contributed by atoms with Crippen LogP contribution in [-0.4, -0.2) is 59.9 Å². The monoisotopic (exact) mass is 287 g/mol. The van der Waals surface area contributed by atoms with Gasteiger partial charge in [-0.05, 0) is 12.8 Å². The van der Waals surface area contributed by atoms with Crippen molar-refractivity contribution >= 4 is 11.9 Å². The molecule has 3 amide bonds. The third kappa shape index (κ3) is 4.35. The number of hydrogen-bond acceptors (Lipinski definition) is 4. The number of nitrogens with zero attached hydrogens (tertiary/aromatic N) is 1. The SMILES string of the molecule is CCC(C)C(NC(N)=O)C(=O)N1CC(C)OC(CO)C1. The van der Waals surface area contributed by atoms with Crippen molar-refractivity contribution in [3.05, 3.63) is 0 Å². The maximum Gasteiger partial charge on any atom is 0.312 e. The Morgan fingerprint density at radius 3 is 2.65 bits per heavy atom. The topological polar surface area (TPSA) is 105 Å². The molecule has 1 heterocycles. The number of aliphatic hydroxyl groups excluding tert-OH is 1. The number of morpholine rings is 1. The Hall–Kier alpha value is -1.34. The molecule has 1 fully saturated rings. The van der Waals surface area contributed by atoms with E-state index >= 15 is 0 Å². The summed E-state index contributed by atoms with van der Waals surface area (Å²) in [6.07, 6.45) is 0.227. The highest BCUT2D eigenvalue weighted by atomic mass is 16.5. The van der Waals surface area contributed by atoms with Gasteiger partial charge in [0.15, 0.2) is 0 Å². The van der Waals surface area contributed by atoms with Gasteiger partial charge in [-0.15, -0.1) is 0 Å². The summed E-state index contributed by atoms with van der Waals surface area (Å²) in [4.78, 5) is 25.3. The van der Waals surface area contributed by atoms with E-state index < -0.39 is 12.1 Å². The molecule has 1 rings (SSSR count). The van der Waals surface area contributed by atoms with Crippen LogP contribution in [0.15, 0.2) is 0 Å². The van der Waals surface area contributed by atoms with Crippen molar-refractivity contribution in [2.24, 2.45) is 11.7 Å². The normalized spacial score (nSPS) is 25.9. The Kier molecular flexibility index (Phi) is 6.22. The number of ether oxygens (including phenoxy) is 1. The second kappa shape index (κ2) is 7.44. The molecule has 4 N–H and O–H groups in total. The molecule has 1 aliphatic heterocycles. The lowest BCUT2D eigenvalue weighted by Crippen LogP contribution is -2.58. The van der Waals surface area contributed by atoms with Gasteiger partial charge in [0.25, 0.3) is 0 Å². The van der Waals surface area contributed by atoms with Crippen LogP contribution in [0.2, 0.25) is 0 Å². The quantitative estimate of drug-likeness (QED) is 0.644. The first kappa shape index (κ1) is 16.7. The molecule has 20 heavy (non-hydrogen) atoms. The third-order valence-electron chi connectivity index (χ3n) is 3.62. The summed E-state index contributed by atoms with van der Waals surface area (Å²) in [6, 6.07) is -1.34. The largest absolute Gasteiger partial charge is 0.394 e. The van der Waals surface area contributed by atoms with Gasteiger partial charge in [0.1, 0.15) is 6.04 Å². The second-order valence-corrected chi connectivity index (χ2v) is 5.37. The van der Waals surface area contributed by atoms with E-state index in [1.807, 2.05) is 20.8 Å². The van der Waals surface area contributed by atoms with E-state index in [-0.39, 0.29) is 30.6 Å². The molecule has 0 radical (unpaired) electrons. The molecule has 1 saturated heterocycles. The molecule has 0 aromatic rings. The summed E-state index contributed by atoms with van der Waals surface area (Å²) < 4.78 is 5.51. The van der Waals surface area contributed by atoms with Crippen LogP contribution in [0.4, 0.5) is 4.79 Å². The predicted molar refractivity (Wildman–Crippen MR) is 74.0 cm³/mol. The summed E-state index contributed by atoms with van der Waals surface area (Å²) in [5.41, 5.74) is 5.15. The smallest absolute Gasteiger partial charge is 0.312 e. The number of urea groups is 1. The van der Waals surface area contributed by atoms with E-state index in [9.17, 15) is 14.7 Å². The van der Waals surface area contributed by atoms with Crippen molar-refractivity contribution in [2.75, 3.05) is 19.7 Å². The molecule has 1 aliphatic rings. The van der Waals surface area contributed by atoms with Gasteiger partial charge in [-0.1, -0.05) is 20.3 Å². The lowest BCUT2D eigenvalue weighted by atomic mass is 9.97. The molecule has 0 aromatic carbocycles. The first-order chi connectivity index (χ1) is 9.38. The Bertz CT molecular complexity index is 351. The highest BCUT2D eigenvalue weighted by Crippen LogP contribution is 2.16. The van der Waals surface area contributed by atoms with Crippen molar-refractivity contribution in [1.29, 1.82) is 0 Å². The minimum Gasteiger partial charge on any atom is -0.394 e. The van der Waals surface area contributed by atoms with Crippen molar-refractivity contribution in [2.45, 2.75) is 45.4 Å². The van der Waals surface area contributed by atoms with Crippen LogP contribution in [0.3, 0.4) is 0 Å². The Labute approximate surface area is 119 Å². The van der Waals surface area contributed by atoms with Crippen LogP contribution in [0.25, 0.3) is 0 Å². The summed E-state index contributed by atoms with van der Waals surface area (Å²) in [5.74, 6) is -0.188. The summed E-state index contributed by atoms with van der Waals surface area (Å²) >= 11 is 0. The minimum absolute atomic E-state index is 0.0132. The number of carbonyl (C=O) groups excluding carboxylic acids is 2. The minimum atomic E-state index is -0.705. The molecular formula is C13H25N3O4. The van der Waals surface area contributed by atoms with Crippen molar-refractivity contribution in [3.63, 3.8) is 0 Å². The second-order valence-electron chi connectivity index (χ2n) is 5.37. The molecule has 116 valence electrons. The van der Waals surface area contributed by atoms with Crippen LogP contribution in [-0.2, 0) is 9.53 Å². The van der Waals surface area contributed by atoms with Gasteiger partial charge in [-0.3, -0.25) is 4.79 Å². The average molecular weight is 287 g/mol. The molecule has 7 heteroatoms. The van der Waals surface area contributed by atoms with E-state index in [2.05, 4.69) is 5.32 Å². The number of hydrogen-bond donors (Lipinski definition) is 3. The fraction of sp³-hybridized carbons (Fsp3) is 0.846. The number of nitrogens with two attached hydrogens (primary N) is 1. The number of carbonyl (C=O) groups is 2. The molecular weight excluding hydrogens is 262 g/mol. The van der Waals surface area contributed by atoms with Crippen molar-refractivity contribution in [1.82, 2.24) is 10.2 Å². The van der Waals surface area contributed by atoms with E-state index in [0.29, 0.717) is 13.1 Å². The van der Waals surface area contributed by atoms with Gasteiger partial charge in [0, 0.05) is 13.1 Å². The Morgan fingerprint density at radius 1 is 1.50 bits per heavy atom. The van der Waals surface area contributed by atoms with Crippen LogP contribution < -0.4 is 11.1 Å². The van der Waals surface area contributed by atoms with Crippen LogP contribution in [0.1, 0.15) is 27.2 Å². The van der Waals surface area contributed by atoms with Gasteiger partial charge in [-0.25, -0.2) is 4.79 Å². The standard InChI is InChI=1S/C13H25N3O4/c1-4-8(2)11(15-13(14)19)12(18)16-5-9(3)20-10(6-16)7-17/h8-11,17H,4-7H2,1-3H3,(H3,14,15,19). The summed E-state index contributed by atoms with van der Waals surface area (Å²) in [6.45, 7) is 6.33. The molecule has 0 saturated carbocycles. The zero-order valence-corrected chi connectivity index (χ0v) is 12.3. The molecule has 0 bridgehead atoms. The number of amides is 3. The maximum absolute atomic E-state index is 12.6.